The van der Waals surface area contributed by atoms with Gasteiger partial charge in [0, 0.05) is 44.3 Å². The molecule has 1 atom stereocenters. The summed E-state index contributed by atoms with van der Waals surface area (Å²) in [6.07, 6.45) is -0.187. The molecule has 2 saturated heterocycles. The topological polar surface area (TPSA) is 51.2 Å². The molecule has 4 rings (SSSR count). The number of fused-ring (bicyclic) bond motifs is 1. The Morgan fingerprint density at radius 1 is 1.32 bits per heavy atom. The summed E-state index contributed by atoms with van der Waals surface area (Å²) in [4.78, 5) is 16.0. The van der Waals surface area contributed by atoms with Gasteiger partial charge in [0.2, 0.25) is 6.79 Å². The van der Waals surface area contributed by atoms with E-state index in [2.05, 4.69) is 0 Å². The number of benzene rings is 1. The summed E-state index contributed by atoms with van der Waals surface area (Å²) in [6, 6.07) is 4.72. The number of carbonyl (C=O) groups excluding carboxylic acids is 1. The molecule has 8 heteroatoms. The summed E-state index contributed by atoms with van der Waals surface area (Å²) in [5.74, 6) is -1.63. The molecule has 3 heterocycles. The van der Waals surface area contributed by atoms with Gasteiger partial charge in [0.15, 0.2) is 11.5 Å². The van der Waals surface area contributed by atoms with Crippen molar-refractivity contribution >= 4 is 5.91 Å². The van der Waals surface area contributed by atoms with Crippen LogP contribution in [0.3, 0.4) is 0 Å². The molecule has 1 aromatic carbocycles. The zero-order valence-corrected chi connectivity index (χ0v) is 13.9. The molecule has 3 aliphatic rings. The van der Waals surface area contributed by atoms with E-state index in [-0.39, 0.29) is 44.4 Å². The van der Waals surface area contributed by atoms with Crippen molar-refractivity contribution in [2.24, 2.45) is 0 Å². The number of ether oxygens (including phenoxy) is 3. The van der Waals surface area contributed by atoms with E-state index in [9.17, 15) is 13.6 Å². The standard InChI is InChI=1S/C17H20F2N2O4/c1-23-8-12-5-17(18,19)9-21(12)13-6-20(7-13)16(22)11-2-3-14-15(4-11)25-10-24-14/h2-4,12-13H,5-10H2,1H3/t12-/m0/s1. The van der Waals surface area contributed by atoms with Gasteiger partial charge < -0.3 is 19.1 Å². The number of amides is 1. The van der Waals surface area contributed by atoms with Gasteiger partial charge in [-0.2, -0.15) is 0 Å². The molecule has 0 spiro atoms. The van der Waals surface area contributed by atoms with E-state index in [1.165, 1.54) is 7.11 Å². The number of rotatable bonds is 4. The second-order valence-electron chi connectivity index (χ2n) is 6.77. The fourth-order valence-corrected chi connectivity index (χ4v) is 3.74. The van der Waals surface area contributed by atoms with E-state index >= 15 is 0 Å². The first-order valence-corrected chi connectivity index (χ1v) is 8.28. The van der Waals surface area contributed by atoms with E-state index in [0.717, 1.165) is 0 Å². The number of nitrogens with zero attached hydrogens (tertiary/aromatic N) is 2. The van der Waals surface area contributed by atoms with Crippen LogP contribution in [0.2, 0.25) is 0 Å². The molecule has 136 valence electrons. The Kier molecular flexibility index (Phi) is 4.04. The van der Waals surface area contributed by atoms with Gasteiger partial charge in [-0.1, -0.05) is 0 Å². The van der Waals surface area contributed by atoms with Gasteiger partial charge in [-0.3, -0.25) is 9.69 Å². The number of carbonyl (C=O) groups is 1. The minimum atomic E-state index is -2.69. The molecule has 1 amide bonds. The molecule has 0 unspecified atom stereocenters. The summed E-state index contributed by atoms with van der Waals surface area (Å²) in [6.45, 7) is 1.07. The molecule has 0 radical (unpaired) electrons. The summed E-state index contributed by atoms with van der Waals surface area (Å²) in [7, 11) is 1.52. The normalized spacial score (nSPS) is 25.2. The molecular weight excluding hydrogens is 334 g/mol. The van der Waals surface area contributed by atoms with Gasteiger partial charge in [0.25, 0.3) is 11.8 Å². The molecule has 6 nitrogen and oxygen atoms in total. The second-order valence-corrected chi connectivity index (χ2v) is 6.77. The molecule has 25 heavy (non-hydrogen) atoms. The van der Waals surface area contributed by atoms with Crippen LogP contribution in [0.1, 0.15) is 16.8 Å². The van der Waals surface area contributed by atoms with Gasteiger partial charge in [-0.25, -0.2) is 8.78 Å². The molecular formula is C17H20F2N2O4. The summed E-state index contributed by atoms with van der Waals surface area (Å²) < 4.78 is 43.1. The first-order valence-electron chi connectivity index (χ1n) is 8.28. The van der Waals surface area contributed by atoms with E-state index in [0.29, 0.717) is 30.2 Å². The molecule has 0 aliphatic carbocycles. The maximum atomic E-state index is 13.7. The maximum absolute atomic E-state index is 13.7. The summed E-state index contributed by atoms with van der Waals surface area (Å²) >= 11 is 0. The molecule has 3 aliphatic heterocycles. The fraction of sp³-hybridized carbons (Fsp3) is 0.588. The van der Waals surface area contributed by atoms with Crippen LogP contribution in [0.5, 0.6) is 11.5 Å². The smallest absolute Gasteiger partial charge is 0.262 e. The highest BCUT2D eigenvalue weighted by Gasteiger charge is 2.50. The van der Waals surface area contributed by atoms with Crippen molar-refractivity contribution in [1.29, 1.82) is 0 Å². The maximum Gasteiger partial charge on any atom is 0.262 e. The highest BCUT2D eigenvalue weighted by molar-refractivity contribution is 5.95. The van der Waals surface area contributed by atoms with E-state index in [1.807, 2.05) is 0 Å². The third-order valence-corrected chi connectivity index (χ3v) is 5.01. The lowest BCUT2D eigenvalue weighted by atomic mass is 10.0. The van der Waals surface area contributed by atoms with E-state index < -0.39 is 5.92 Å². The monoisotopic (exact) mass is 354 g/mol. The molecule has 0 N–H and O–H groups in total. The van der Waals surface area contributed by atoms with Gasteiger partial charge in [0.1, 0.15) is 0 Å². The Hall–Kier alpha value is -1.93. The SMILES string of the molecule is COC[C@@H]1CC(F)(F)CN1C1CN(C(=O)c2ccc3c(c2)OCO3)C1. The number of likely N-dealkylation sites (tertiary alicyclic amines) is 2. The third kappa shape index (κ3) is 3.04. The van der Waals surface area contributed by atoms with Crippen LogP contribution in [0.4, 0.5) is 8.78 Å². The number of methoxy groups -OCH3 is 1. The highest BCUT2D eigenvalue weighted by Crippen LogP contribution is 2.36. The minimum absolute atomic E-state index is 0.0496. The Labute approximate surface area is 144 Å². The van der Waals surface area contributed by atoms with Crippen molar-refractivity contribution in [3.8, 4) is 11.5 Å². The van der Waals surface area contributed by atoms with Crippen LogP contribution in [0.15, 0.2) is 18.2 Å². The van der Waals surface area contributed by atoms with Crippen molar-refractivity contribution in [1.82, 2.24) is 9.80 Å². The first-order chi connectivity index (χ1) is 12.0. The Morgan fingerprint density at radius 3 is 2.84 bits per heavy atom. The van der Waals surface area contributed by atoms with Crippen molar-refractivity contribution < 1.29 is 27.8 Å². The van der Waals surface area contributed by atoms with Crippen LogP contribution in [0.25, 0.3) is 0 Å². The molecule has 1 aromatic rings. The van der Waals surface area contributed by atoms with Crippen LogP contribution < -0.4 is 9.47 Å². The molecule has 2 fully saturated rings. The highest BCUT2D eigenvalue weighted by atomic mass is 19.3. The Morgan fingerprint density at radius 2 is 2.08 bits per heavy atom. The third-order valence-electron chi connectivity index (χ3n) is 5.01. The Bertz CT molecular complexity index is 679. The predicted molar refractivity (Wildman–Crippen MR) is 84.2 cm³/mol. The van der Waals surface area contributed by atoms with Gasteiger partial charge in [0.05, 0.1) is 13.2 Å². The van der Waals surface area contributed by atoms with Crippen LogP contribution in [0, 0.1) is 0 Å². The molecule has 0 bridgehead atoms. The van der Waals surface area contributed by atoms with Crippen LogP contribution in [-0.2, 0) is 4.74 Å². The number of halogens is 2. The van der Waals surface area contributed by atoms with Gasteiger partial charge >= 0.3 is 0 Å². The molecule has 0 saturated carbocycles. The predicted octanol–water partition coefficient (Wildman–Crippen LogP) is 1.60. The lowest BCUT2D eigenvalue weighted by Gasteiger charge is -2.45. The lowest BCUT2D eigenvalue weighted by Crippen LogP contribution is -2.62. The van der Waals surface area contributed by atoms with Crippen molar-refractivity contribution in [2.75, 3.05) is 40.1 Å². The Balaban J connectivity index is 1.39. The fourth-order valence-electron chi connectivity index (χ4n) is 3.74. The zero-order chi connectivity index (χ0) is 17.6. The van der Waals surface area contributed by atoms with Crippen LogP contribution in [-0.4, -0.2) is 73.9 Å². The summed E-state index contributed by atoms with van der Waals surface area (Å²) in [5, 5.41) is 0. The largest absolute Gasteiger partial charge is 0.454 e. The van der Waals surface area contributed by atoms with Crippen LogP contribution >= 0.6 is 0 Å². The second kappa shape index (κ2) is 6.10. The molecule has 0 aromatic heterocycles. The van der Waals surface area contributed by atoms with Crippen molar-refractivity contribution in [2.45, 2.75) is 24.4 Å². The van der Waals surface area contributed by atoms with E-state index in [4.69, 9.17) is 14.2 Å². The zero-order valence-electron chi connectivity index (χ0n) is 13.9. The van der Waals surface area contributed by atoms with Crippen molar-refractivity contribution in [3.63, 3.8) is 0 Å². The quantitative estimate of drug-likeness (QED) is 0.822. The summed E-state index contributed by atoms with van der Waals surface area (Å²) in [5.41, 5.74) is 0.517. The average molecular weight is 354 g/mol. The number of hydrogen-bond acceptors (Lipinski definition) is 5. The van der Waals surface area contributed by atoms with Gasteiger partial charge in [-0.15, -0.1) is 0 Å². The first kappa shape index (κ1) is 16.5. The van der Waals surface area contributed by atoms with Gasteiger partial charge in [-0.05, 0) is 18.2 Å². The number of alkyl halides is 2. The lowest BCUT2D eigenvalue weighted by molar-refractivity contribution is -0.0136. The van der Waals surface area contributed by atoms with E-state index in [1.54, 1.807) is 28.0 Å². The average Bonchev–Trinajstić information content (AvgIpc) is 3.09. The van der Waals surface area contributed by atoms with Crippen molar-refractivity contribution in [3.05, 3.63) is 23.8 Å². The number of hydrogen-bond donors (Lipinski definition) is 0. The minimum Gasteiger partial charge on any atom is -0.454 e.